The van der Waals surface area contributed by atoms with Crippen LogP contribution in [0.3, 0.4) is 0 Å². The van der Waals surface area contributed by atoms with Gasteiger partial charge in [0.25, 0.3) is 0 Å². The average Bonchev–Trinajstić information content (AvgIpc) is 2.20. The second-order valence-corrected chi connectivity index (χ2v) is 4.88. The summed E-state index contributed by atoms with van der Waals surface area (Å²) in [7, 11) is 0. The van der Waals surface area contributed by atoms with E-state index in [2.05, 4.69) is 21.2 Å². The number of carbonyl (C=O) groups excluding carboxylic acids is 1. The van der Waals surface area contributed by atoms with Gasteiger partial charge in [-0.25, -0.2) is 0 Å². The molecule has 0 aromatic heterocycles. The number of carbonyl (C=O) groups is 2. The zero-order valence-corrected chi connectivity index (χ0v) is 11.2. The monoisotopic (exact) mass is 299 g/mol. The van der Waals surface area contributed by atoms with E-state index in [1.807, 2.05) is 6.07 Å². The van der Waals surface area contributed by atoms with Crippen LogP contribution in [0.2, 0.25) is 0 Å². The fraction of sp³-hybridized carbons (Fsp3) is 0.333. The molecule has 92 valence electrons. The number of carboxylic acid groups (broad SMARTS) is 1. The summed E-state index contributed by atoms with van der Waals surface area (Å²) in [5.41, 5.74) is 0.574. The molecule has 0 fully saturated rings. The average molecular weight is 300 g/mol. The highest BCUT2D eigenvalue weighted by Crippen LogP contribution is 2.23. The molecule has 1 atom stereocenters. The van der Waals surface area contributed by atoms with Crippen molar-refractivity contribution in [1.82, 2.24) is 0 Å². The van der Waals surface area contributed by atoms with E-state index in [1.165, 1.54) is 0 Å². The van der Waals surface area contributed by atoms with Gasteiger partial charge in [-0.15, -0.1) is 0 Å². The first kappa shape index (κ1) is 13.7. The number of nitrogens with one attached hydrogen (secondary N) is 1. The molecule has 1 aromatic carbocycles. The Hall–Kier alpha value is -1.36. The Labute approximate surface area is 108 Å². The van der Waals surface area contributed by atoms with Gasteiger partial charge >= 0.3 is 5.97 Å². The first-order valence-electron chi connectivity index (χ1n) is 5.21. The maximum absolute atomic E-state index is 11.8. The van der Waals surface area contributed by atoms with E-state index >= 15 is 0 Å². The van der Waals surface area contributed by atoms with Crippen LogP contribution in [0.25, 0.3) is 0 Å². The summed E-state index contributed by atoms with van der Waals surface area (Å²) in [5.74, 6) is -2.90. The number of para-hydroxylation sites is 1. The molecule has 0 saturated carbocycles. The van der Waals surface area contributed by atoms with Crippen molar-refractivity contribution in [2.24, 2.45) is 11.8 Å². The van der Waals surface area contributed by atoms with Gasteiger partial charge in [0.2, 0.25) is 5.91 Å². The van der Waals surface area contributed by atoms with E-state index in [0.717, 1.165) is 4.47 Å². The zero-order valence-electron chi connectivity index (χ0n) is 9.61. The van der Waals surface area contributed by atoms with Crippen LogP contribution in [0, 0.1) is 11.8 Å². The Kier molecular flexibility index (Phi) is 4.69. The highest BCUT2D eigenvalue weighted by molar-refractivity contribution is 9.10. The number of rotatable bonds is 4. The van der Waals surface area contributed by atoms with Crippen LogP contribution in [0.4, 0.5) is 5.69 Å². The number of hydrogen-bond acceptors (Lipinski definition) is 2. The topological polar surface area (TPSA) is 66.4 Å². The summed E-state index contributed by atoms with van der Waals surface area (Å²) in [6.07, 6.45) is 0. The molecular formula is C12H14BrNO3. The van der Waals surface area contributed by atoms with Crippen LogP contribution in [-0.2, 0) is 9.59 Å². The third-order valence-corrected chi connectivity index (χ3v) is 3.04. The zero-order chi connectivity index (χ0) is 13.0. The van der Waals surface area contributed by atoms with Crippen molar-refractivity contribution >= 4 is 33.5 Å². The van der Waals surface area contributed by atoms with Crippen LogP contribution in [0.15, 0.2) is 28.7 Å². The van der Waals surface area contributed by atoms with E-state index in [4.69, 9.17) is 5.11 Å². The second kappa shape index (κ2) is 5.82. The summed E-state index contributed by atoms with van der Waals surface area (Å²) in [5, 5.41) is 11.6. The predicted octanol–water partition coefficient (Wildman–Crippen LogP) is 2.74. The summed E-state index contributed by atoms with van der Waals surface area (Å²) >= 11 is 3.29. The van der Waals surface area contributed by atoms with Crippen molar-refractivity contribution < 1.29 is 14.7 Å². The van der Waals surface area contributed by atoms with Gasteiger partial charge in [0.1, 0.15) is 5.92 Å². The van der Waals surface area contributed by atoms with Gasteiger partial charge in [0.05, 0.1) is 5.69 Å². The normalized spacial score (nSPS) is 12.2. The Balaban J connectivity index is 2.85. The molecule has 0 heterocycles. The lowest BCUT2D eigenvalue weighted by Crippen LogP contribution is -2.33. The number of aliphatic carboxylic acids is 1. The van der Waals surface area contributed by atoms with E-state index in [9.17, 15) is 9.59 Å². The van der Waals surface area contributed by atoms with Crippen molar-refractivity contribution in [1.29, 1.82) is 0 Å². The van der Waals surface area contributed by atoms with Gasteiger partial charge in [-0.1, -0.05) is 26.0 Å². The Morgan fingerprint density at radius 1 is 1.29 bits per heavy atom. The number of hydrogen-bond donors (Lipinski definition) is 2. The highest BCUT2D eigenvalue weighted by atomic mass is 79.9. The Bertz CT molecular complexity index is 432. The standard InChI is InChI=1S/C12H14BrNO3/c1-7(2)10(12(16)17)11(15)14-9-6-4-3-5-8(9)13/h3-7,10H,1-2H3,(H,14,15)(H,16,17). The number of carboxylic acids is 1. The molecule has 1 amide bonds. The minimum atomic E-state index is -1.11. The highest BCUT2D eigenvalue weighted by Gasteiger charge is 2.29. The Morgan fingerprint density at radius 2 is 1.88 bits per heavy atom. The van der Waals surface area contributed by atoms with Crippen LogP contribution < -0.4 is 5.32 Å². The molecule has 0 spiro atoms. The number of anilines is 1. The SMILES string of the molecule is CC(C)C(C(=O)O)C(=O)Nc1ccccc1Br. The number of halogens is 1. The third-order valence-electron chi connectivity index (χ3n) is 2.35. The molecule has 0 aliphatic heterocycles. The van der Waals surface area contributed by atoms with Gasteiger partial charge in [-0.05, 0) is 34.0 Å². The van der Waals surface area contributed by atoms with E-state index in [-0.39, 0.29) is 5.92 Å². The largest absolute Gasteiger partial charge is 0.481 e. The molecule has 2 N–H and O–H groups in total. The number of benzene rings is 1. The molecule has 17 heavy (non-hydrogen) atoms. The molecule has 0 saturated heterocycles. The Morgan fingerprint density at radius 3 is 2.35 bits per heavy atom. The van der Waals surface area contributed by atoms with Crippen LogP contribution in [-0.4, -0.2) is 17.0 Å². The van der Waals surface area contributed by atoms with Crippen molar-refractivity contribution in [3.63, 3.8) is 0 Å². The fourth-order valence-corrected chi connectivity index (χ4v) is 1.86. The second-order valence-electron chi connectivity index (χ2n) is 4.03. The molecule has 4 nitrogen and oxygen atoms in total. The smallest absolute Gasteiger partial charge is 0.316 e. The first-order chi connectivity index (χ1) is 7.93. The van der Waals surface area contributed by atoms with E-state index in [1.54, 1.807) is 32.0 Å². The molecule has 0 radical (unpaired) electrons. The van der Waals surface area contributed by atoms with Gasteiger partial charge in [0.15, 0.2) is 0 Å². The lowest BCUT2D eigenvalue weighted by atomic mass is 9.95. The van der Waals surface area contributed by atoms with Gasteiger partial charge in [-0.2, -0.15) is 0 Å². The summed E-state index contributed by atoms with van der Waals surface area (Å²) < 4.78 is 0.723. The van der Waals surface area contributed by atoms with Gasteiger partial charge in [0, 0.05) is 4.47 Å². The van der Waals surface area contributed by atoms with Crippen LogP contribution >= 0.6 is 15.9 Å². The van der Waals surface area contributed by atoms with Gasteiger partial charge < -0.3 is 10.4 Å². The third kappa shape index (κ3) is 3.56. The minimum absolute atomic E-state index is 0.255. The molecular weight excluding hydrogens is 286 g/mol. The minimum Gasteiger partial charge on any atom is -0.481 e. The van der Waals surface area contributed by atoms with Crippen LogP contribution in [0.1, 0.15) is 13.8 Å². The number of amides is 1. The van der Waals surface area contributed by atoms with E-state index < -0.39 is 17.8 Å². The summed E-state index contributed by atoms with van der Waals surface area (Å²) in [4.78, 5) is 22.8. The molecule has 0 aliphatic rings. The lowest BCUT2D eigenvalue weighted by Gasteiger charge is -2.16. The summed E-state index contributed by atoms with van der Waals surface area (Å²) in [6.45, 7) is 3.41. The van der Waals surface area contributed by atoms with Crippen molar-refractivity contribution in [3.8, 4) is 0 Å². The maximum atomic E-state index is 11.8. The summed E-state index contributed by atoms with van der Waals surface area (Å²) in [6, 6.07) is 7.07. The predicted molar refractivity (Wildman–Crippen MR) is 68.7 cm³/mol. The van der Waals surface area contributed by atoms with Crippen LogP contribution in [0.5, 0.6) is 0 Å². The molecule has 1 rings (SSSR count). The maximum Gasteiger partial charge on any atom is 0.316 e. The molecule has 0 aliphatic carbocycles. The van der Waals surface area contributed by atoms with Gasteiger partial charge in [-0.3, -0.25) is 9.59 Å². The lowest BCUT2D eigenvalue weighted by molar-refractivity contribution is -0.147. The quantitative estimate of drug-likeness (QED) is 0.840. The molecule has 1 aromatic rings. The van der Waals surface area contributed by atoms with Crippen molar-refractivity contribution in [3.05, 3.63) is 28.7 Å². The van der Waals surface area contributed by atoms with E-state index in [0.29, 0.717) is 5.69 Å². The molecule has 1 unspecified atom stereocenters. The first-order valence-corrected chi connectivity index (χ1v) is 6.01. The molecule has 5 heteroatoms. The fourth-order valence-electron chi connectivity index (χ4n) is 1.47. The van der Waals surface area contributed by atoms with Crippen molar-refractivity contribution in [2.75, 3.05) is 5.32 Å². The molecule has 0 bridgehead atoms. The van der Waals surface area contributed by atoms with Crippen molar-refractivity contribution in [2.45, 2.75) is 13.8 Å².